The zero-order chi connectivity index (χ0) is 16.7. The minimum absolute atomic E-state index is 0.0433. The predicted octanol–water partition coefficient (Wildman–Crippen LogP) is 2.92. The van der Waals surface area contributed by atoms with Crippen LogP contribution in [0, 0.1) is 0 Å². The highest BCUT2D eigenvalue weighted by Crippen LogP contribution is 2.17. The molecule has 3 N–H and O–H groups in total. The lowest BCUT2D eigenvalue weighted by Crippen LogP contribution is -2.43. The van der Waals surface area contributed by atoms with Crippen molar-refractivity contribution >= 4 is 28.9 Å². The van der Waals surface area contributed by atoms with Crippen molar-refractivity contribution in [3.05, 3.63) is 60.2 Å². The lowest BCUT2D eigenvalue weighted by atomic mass is 10.2. The zero-order valence-corrected chi connectivity index (χ0v) is 12.6. The second-order valence-corrected chi connectivity index (χ2v) is 4.71. The molecule has 0 saturated heterocycles. The number of alkyl halides is 2. The summed E-state index contributed by atoms with van der Waals surface area (Å²) >= 11 is 5.02. The van der Waals surface area contributed by atoms with Crippen molar-refractivity contribution in [3.8, 4) is 5.75 Å². The number of amides is 1. The molecule has 0 aromatic heterocycles. The van der Waals surface area contributed by atoms with Crippen LogP contribution in [0.1, 0.15) is 10.4 Å². The van der Waals surface area contributed by atoms with Crippen molar-refractivity contribution < 1.29 is 18.3 Å². The molecule has 2 aromatic carbocycles. The van der Waals surface area contributed by atoms with Crippen LogP contribution in [0.3, 0.4) is 0 Å². The summed E-state index contributed by atoms with van der Waals surface area (Å²) in [5.41, 5.74) is 6.02. The molecule has 0 spiro atoms. The van der Waals surface area contributed by atoms with Crippen LogP contribution >= 0.6 is 12.2 Å². The normalized spacial score (nSPS) is 10.0. The molecule has 120 valence electrons. The average molecular weight is 337 g/mol. The maximum absolute atomic E-state index is 12.0. The number of carbonyl (C=O) groups excluding carboxylic acids is 1. The maximum Gasteiger partial charge on any atom is 0.387 e. The van der Waals surface area contributed by atoms with Gasteiger partial charge in [0.2, 0.25) is 0 Å². The van der Waals surface area contributed by atoms with Crippen LogP contribution < -0.4 is 20.9 Å². The number of thiocarbonyl (C=S) groups is 1. The van der Waals surface area contributed by atoms with Gasteiger partial charge in [0.05, 0.1) is 0 Å². The van der Waals surface area contributed by atoms with Gasteiger partial charge in [0.15, 0.2) is 5.11 Å². The minimum Gasteiger partial charge on any atom is -0.435 e. The summed E-state index contributed by atoms with van der Waals surface area (Å²) in [5.74, 6) is -0.294. The van der Waals surface area contributed by atoms with E-state index in [1.54, 1.807) is 30.3 Å². The van der Waals surface area contributed by atoms with Crippen LogP contribution in [0.4, 0.5) is 14.5 Å². The number of ether oxygens (including phenoxy) is 1. The fourth-order valence-corrected chi connectivity index (χ4v) is 1.83. The Morgan fingerprint density at radius 1 is 1.00 bits per heavy atom. The van der Waals surface area contributed by atoms with Gasteiger partial charge in [0.25, 0.3) is 5.91 Å². The third-order valence-electron chi connectivity index (χ3n) is 2.66. The van der Waals surface area contributed by atoms with Gasteiger partial charge in [-0.05, 0) is 48.6 Å². The lowest BCUT2D eigenvalue weighted by molar-refractivity contribution is -0.0498. The van der Waals surface area contributed by atoms with Crippen LogP contribution in [0.2, 0.25) is 0 Å². The number of rotatable bonds is 4. The summed E-state index contributed by atoms with van der Waals surface area (Å²) in [6, 6.07) is 14.4. The number of anilines is 1. The van der Waals surface area contributed by atoms with Gasteiger partial charge in [-0.3, -0.25) is 15.6 Å². The van der Waals surface area contributed by atoms with Gasteiger partial charge < -0.3 is 10.1 Å². The van der Waals surface area contributed by atoms with Gasteiger partial charge in [-0.2, -0.15) is 8.78 Å². The van der Waals surface area contributed by atoms with Crippen LogP contribution in [0.15, 0.2) is 54.6 Å². The first-order chi connectivity index (χ1) is 11.0. The van der Waals surface area contributed by atoms with Crippen molar-refractivity contribution in [1.29, 1.82) is 0 Å². The number of hydrazine groups is 1. The van der Waals surface area contributed by atoms with E-state index < -0.39 is 6.61 Å². The molecule has 0 aliphatic rings. The lowest BCUT2D eigenvalue weighted by Gasteiger charge is -2.12. The molecule has 0 unspecified atom stereocenters. The highest BCUT2D eigenvalue weighted by atomic mass is 32.1. The van der Waals surface area contributed by atoms with Gasteiger partial charge in [0, 0.05) is 11.3 Å². The monoisotopic (exact) mass is 337 g/mol. The first kappa shape index (κ1) is 16.6. The number of carbonyl (C=O) groups is 1. The predicted molar refractivity (Wildman–Crippen MR) is 86.3 cm³/mol. The van der Waals surface area contributed by atoms with E-state index in [4.69, 9.17) is 12.2 Å². The molecule has 0 radical (unpaired) electrons. The molecule has 0 saturated carbocycles. The first-order valence-corrected chi connectivity index (χ1v) is 6.92. The Kier molecular flexibility index (Phi) is 5.81. The van der Waals surface area contributed by atoms with Gasteiger partial charge in [-0.1, -0.05) is 18.2 Å². The molecule has 0 atom stereocenters. The summed E-state index contributed by atoms with van der Waals surface area (Å²) in [5, 5.41) is 2.94. The number of halogens is 2. The van der Waals surface area contributed by atoms with E-state index in [1.807, 2.05) is 0 Å². The number of hydrogen-bond donors (Lipinski definition) is 3. The van der Waals surface area contributed by atoms with Crippen molar-refractivity contribution in [3.63, 3.8) is 0 Å². The molecule has 0 bridgehead atoms. The zero-order valence-electron chi connectivity index (χ0n) is 11.8. The number of nitrogens with one attached hydrogen (secondary N) is 3. The Morgan fingerprint density at radius 3 is 2.26 bits per heavy atom. The van der Waals surface area contributed by atoms with E-state index >= 15 is 0 Å². The van der Waals surface area contributed by atoms with Gasteiger partial charge in [-0.25, -0.2) is 0 Å². The standard InChI is InChI=1S/C15H13F2N3O2S/c16-14(17)22-12-8-6-11(7-9-12)18-15(23)20-19-13(21)10-4-2-1-3-5-10/h1-9,14H,(H,19,21)(H2,18,20,23). The Labute approximate surface area is 136 Å². The smallest absolute Gasteiger partial charge is 0.387 e. The van der Waals surface area contributed by atoms with Crippen molar-refractivity contribution in [2.75, 3.05) is 5.32 Å². The Balaban J connectivity index is 1.81. The molecule has 23 heavy (non-hydrogen) atoms. The molecule has 0 fully saturated rings. The highest BCUT2D eigenvalue weighted by Gasteiger charge is 2.06. The molecule has 2 aromatic rings. The van der Waals surface area contributed by atoms with Crippen LogP contribution in [0.5, 0.6) is 5.75 Å². The van der Waals surface area contributed by atoms with E-state index in [0.717, 1.165) is 0 Å². The SMILES string of the molecule is O=C(NNC(=S)Nc1ccc(OC(F)F)cc1)c1ccccc1. The largest absolute Gasteiger partial charge is 0.435 e. The number of hydrogen-bond acceptors (Lipinski definition) is 3. The summed E-state index contributed by atoms with van der Waals surface area (Å²) < 4.78 is 28.3. The topological polar surface area (TPSA) is 62.4 Å². The van der Waals surface area contributed by atoms with Gasteiger partial charge >= 0.3 is 6.61 Å². The quantitative estimate of drug-likeness (QED) is 0.591. The molecular weight excluding hydrogens is 324 g/mol. The summed E-state index contributed by atoms with van der Waals surface area (Å²) in [6.45, 7) is -2.87. The van der Waals surface area contributed by atoms with Crippen molar-refractivity contribution in [2.45, 2.75) is 6.61 Å². The fraction of sp³-hybridized carbons (Fsp3) is 0.0667. The molecule has 1 amide bonds. The Morgan fingerprint density at radius 2 is 1.65 bits per heavy atom. The Hall–Kier alpha value is -2.74. The summed E-state index contributed by atoms with van der Waals surface area (Å²) in [4.78, 5) is 11.8. The van der Waals surface area contributed by atoms with E-state index in [2.05, 4.69) is 20.9 Å². The van der Waals surface area contributed by atoms with E-state index in [9.17, 15) is 13.6 Å². The molecule has 5 nitrogen and oxygen atoms in total. The Bertz CT molecular complexity index is 666. The second-order valence-electron chi connectivity index (χ2n) is 4.30. The van der Waals surface area contributed by atoms with Crippen LogP contribution in [-0.4, -0.2) is 17.6 Å². The molecule has 2 rings (SSSR count). The molecular formula is C15H13F2N3O2S. The second kappa shape index (κ2) is 8.04. The van der Waals surface area contributed by atoms with E-state index in [1.165, 1.54) is 24.3 Å². The minimum atomic E-state index is -2.87. The van der Waals surface area contributed by atoms with Crippen LogP contribution in [0.25, 0.3) is 0 Å². The third kappa shape index (κ3) is 5.51. The van der Waals surface area contributed by atoms with Crippen molar-refractivity contribution in [2.24, 2.45) is 0 Å². The van der Waals surface area contributed by atoms with Gasteiger partial charge in [-0.15, -0.1) is 0 Å². The number of benzene rings is 2. The molecule has 0 heterocycles. The van der Waals surface area contributed by atoms with Crippen molar-refractivity contribution in [1.82, 2.24) is 10.9 Å². The summed E-state index contributed by atoms with van der Waals surface area (Å²) in [6.07, 6.45) is 0. The maximum atomic E-state index is 12.0. The first-order valence-electron chi connectivity index (χ1n) is 6.52. The third-order valence-corrected chi connectivity index (χ3v) is 2.87. The molecule has 0 aliphatic carbocycles. The fourth-order valence-electron chi connectivity index (χ4n) is 1.66. The molecule has 8 heteroatoms. The van der Waals surface area contributed by atoms with Gasteiger partial charge in [0.1, 0.15) is 5.75 Å². The average Bonchev–Trinajstić information content (AvgIpc) is 2.55. The molecule has 0 aliphatic heterocycles. The summed E-state index contributed by atoms with van der Waals surface area (Å²) in [7, 11) is 0. The van der Waals surface area contributed by atoms with E-state index in [0.29, 0.717) is 11.3 Å². The highest BCUT2D eigenvalue weighted by molar-refractivity contribution is 7.80. The van der Waals surface area contributed by atoms with Crippen LogP contribution in [-0.2, 0) is 0 Å². The van der Waals surface area contributed by atoms with E-state index in [-0.39, 0.29) is 16.8 Å².